The van der Waals surface area contributed by atoms with E-state index >= 15 is 0 Å². The smallest absolute Gasteiger partial charge is 0.263 e. The highest BCUT2D eigenvalue weighted by Gasteiger charge is 2.16. The minimum absolute atomic E-state index is 0.0409. The third kappa shape index (κ3) is 6.42. The number of carbonyl (C=O) groups excluding carboxylic acids is 1. The Kier molecular flexibility index (Phi) is 7.07. The van der Waals surface area contributed by atoms with Crippen molar-refractivity contribution < 1.29 is 17.9 Å². The average Bonchev–Trinajstić information content (AvgIpc) is 2.83. The second-order valence-corrected chi connectivity index (χ2v) is 9.48. The molecule has 0 spiro atoms. The van der Waals surface area contributed by atoms with Crippen molar-refractivity contribution in [2.75, 3.05) is 16.6 Å². The molecule has 3 aromatic carbocycles. The van der Waals surface area contributed by atoms with E-state index < -0.39 is 10.0 Å². The topological polar surface area (TPSA) is 110 Å². The van der Waals surface area contributed by atoms with Gasteiger partial charge in [0.25, 0.3) is 15.9 Å². The third-order valence-electron chi connectivity index (χ3n) is 4.98. The predicted molar refractivity (Wildman–Crippen MR) is 135 cm³/mol. The molecular formula is C26H24N4O4S. The Morgan fingerprint density at radius 2 is 1.51 bits per heavy atom. The Labute approximate surface area is 204 Å². The van der Waals surface area contributed by atoms with Gasteiger partial charge in [-0.2, -0.15) is 0 Å². The van der Waals surface area contributed by atoms with Gasteiger partial charge in [-0.05, 0) is 61.4 Å². The number of sulfonamides is 1. The molecule has 4 aromatic rings. The molecule has 1 aromatic heterocycles. The molecule has 0 aliphatic rings. The van der Waals surface area contributed by atoms with Crippen molar-refractivity contribution in [3.05, 3.63) is 96.4 Å². The summed E-state index contributed by atoms with van der Waals surface area (Å²) in [6.45, 7) is 3.26. The van der Waals surface area contributed by atoms with Crippen LogP contribution in [-0.4, -0.2) is 30.9 Å². The van der Waals surface area contributed by atoms with Gasteiger partial charge in [0.2, 0.25) is 0 Å². The van der Waals surface area contributed by atoms with Crippen LogP contribution < -0.4 is 14.8 Å². The average molecular weight is 489 g/mol. The van der Waals surface area contributed by atoms with Gasteiger partial charge in [0.1, 0.15) is 17.4 Å². The number of hydrogen-bond donors (Lipinski definition) is 2. The first-order valence-corrected chi connectivity index (χ1v) is 12.3. The van der Waals surface area contributed by atoms with Gasteiger partial charge in [-0.25, -0.2) is 18.4 Å². The summed E-state index contributed by atoms with van der Waals surface area (Å²) in [7, 11) is -3.84. The zero-order chi connectivity index (χ0) is 24.8. The lowest BCUT2D eigenvalue weighted by Crippen LogP contribution is -2.20. The summed E-state index contributed by atoms with van der Waals surface area (Å²) in [5, 5.41) is 2.69. The number of benzene rings is 3. The number of nitrogens with one attached hydrogen (secondary N) is 2. The maximum atomic E-state index is 12.7. The highest BCUT2D eigenvalue weighted by atomic mass is 32.2. The Hall–Kier alpha value is -4.24. The van der Waals surface area contributed by atoms with Crippen LogP contribution in [0.15, 0.2) is 89.8 Å². The number of aryl methyl sites for hydroxylation is 2. The van der Waals surface area contributed by atoms with E-state index in [1.165, 1.54) is 24.3 Å². The van der Waals surface area contributed by atoms with E-state index in [1.807, 2.05) is 54.6 Å². The van der Waals surface area contributed by atoms with Crippen LogP contribution >= 0.6 is 0 Å². The van der Waals surface area contributed by atoms with Crippen LogP contribution in [0.4, 0.5) is 11.5 Å². The summed E-state index contributed by atoms with van der Waals surface area (Å²) < 4.78 is 33.3. The van der Waals surface area contributed by atoms with Crippen molar-refractivity contribution in [2.45, 2.75) is 18.7 Å². The fourth-order valence-corrected chi connectivity index (χ4v) is 4.40. The van der Waals surface area contributed by atoms with Gasteiger partial charge in [-0.1, -0.05) is 42.5 Å². The summed E-state index contributed by atoms with van der Waals surface area (Å²) >= 11 is 0. The largest absolute Gasteiger partial charge is 0.484 e. The van der Waals surface area contributed by atoms with E-state index in [0.717, 1.165) is 11.1 Å². The van der Waals surface area contributed by atoms with Crippen LogP contribution in [0.1, 0.15) is 11.5 Å². The first kappa shape index (κ1) is 23.9. The lowest BCUT2D eigenvalue weighted by Gasteiger charge is -2.10. The molecule has 9 heteroatoms. The molecule has 0 saturated carbocycles. The van der Waals surface area contributed by atoms with Crippen molar-refractivity contribution in [1.82, 2.24) is 9.97 Å². The van der Waals surface area contributed by atoms with Crippen LogP contribution in [0.3, 0.4) is 0 Å². The van der Waals surface area contributed by atoms with Crippen LogP contribution in [0.25, 0.3) is 11.1 Å². The summed E-state index contributed by atoms with van der Waals surface area (Å²) in [5.41, 5.74) is 3.25. The zero-order valence-electron chi connectivity index (χ0n) is 19.2. The molecule has 0 bridgehead atoms. The second-order valence-electron chi connectivity index (χ2n) is 7.80. The first-order chi connectivity index (χ1) is 16.8. The molecule has 2 N–H and O–H groups in total. The summed E-state index contributed by atoms with van der Waals surface area (Å²) in [4.78, 5) is 20.5. The van der Waals surface area contributed by atoms with E-state index in [0.29, 0.717) is 23.0 Å². The molecule has 0 fully saturated rings. The van der Waals surface area contributed by atoms with Gasteiger partial charge in [-0.3, -0.25) is 9.52 Å². The quantitative estimate of drug-likeness (QED) is 0.376. The van der Waals surface area contributed by atoms with E-state index in [9.17, 15) is 13.2 Å². The van der Waals surface area contributed by atoms with E-state index in [4.69, 9.17) is 4.74 Å². The molecule has 35 heavy (non-hydrogen) atoms. The first-order valence-electron chi connectivity index (χ1n) is 10.8. The fraction of sp³-hybridized carbons (Fsp3) is 0.115. The third-order valence-corrected chi connectivity index (χ3v) is 6.36. The van der Waals surface area contributed by atoms with Gasteiger partial charge >= 0.3 is 0 Å². The monoisotopic (exact) mass is 488 g/mol. The number of nitrogens with zero attached hydrogens (tertiary/aromatic N) is 2. The molecule has 0 radical (unpaired) electrons. The number of aromatic nitrogens is 2. The molecule has 8 nitrogen and oxygen atoms in total. The van der Waals surface area contributed by atoms with E-state index in [-0.39, 0.29) is 23.2 Å². The summed E-state index contributed by atoms with van der Waals surface area (Å²) in [6.07, 6.45) is 0. The normalized spacial score (nSPS) is 11.0. The van der Waals surface area contributed by atoms with E-state index in [1.54, 1.807) is 19.9 Å². The maximum Gasteiger partial charge on any atom is 0.263 e. The van der Waals surface area contributed by atoms with Gasteiger partial charge < -0.3 is 10.1 Å². The van der Waals surface area contributed by atoms with E-state index in [2.05, 4.69) is 20.0 Å². The molecule has 178 valence electrons. The minimum atomic E-state index is -3.84. The Balaban J connectivity index is 1.32. The molecule has 0 atom stereocenters. The molecule has 1 amide bonds. The number of carbonyl (C=O) groups is 1. The van der Waals surface area contributed by atoms with Crippen LogP contribution in [0.5, 0.6) is 5.75 Å². The summed E-state index contributed by atoms with van der Waals surface area (Å²) in [5.74, 6) is 0.872. The van der Waals surface area contributed by atoms with Crippen LogP contribution in [-0.2, 0) is 14.8 Å². The van der Waals surface area contributed by atoms with Crippen LogP contribution in [0.2, 0.25) is 0 Å². The molecule has 1 heterocycles. The van der Waals surface area contributed by atoms with Crippen molar-refractivity contribution in [1.29, 1.82) is 0 Å². The predicted octanol–water partition coefficient (Wildman–Crippen LogP) is 4.58. The van der Waals surface area contributed by atoms with Gasteiger partial charge in [0.05, 0.1) is 4.90 Å². The Morgan fingerprint density at radius 3 is 2.17 bits per heavy atom. The molecule has 0 saturated heterocycles. The molecular weight excluding hydrogens is 464 g/mol. The lowest BCUT2D eigenvalue weighted by atomic mass is 10.1. The van der Waals surface area contributed by atoms with Gasteiger partial charge in [0, 0.05) is 17.4 Å². The lowest BCUT2D eigenvalue weighted by molar-refractivity contribution is -0.118. The van der Waals surface area contributed by atoms with Crippen molar-refractivity contribution in [3.63, 3.8) is 0 Å². The Morgan fingerprint density at radius 1 is 0.857 bits per heavy atom. The standard InChI is InChI=1S/C26H24N4O4S/c1-18-16-25(28-19(2)27-18)30-35(32,33)24-14-10-22(11-15-24)29-26(31)17-34-23-12-8-21(9-13-23)20-6-4-3-5-7-20/h3-16H,17H2,1-2H3,(H,29,31)(H,27,28,30). The summed E-state index contributed by atoms with van der Waals surface area (Å²) in [6, 6.07) is 24.8. The Bertz CT molecular complexity index is 1400. The van der Waals surface area contributed by atoms with Crippen molar-refractivity contribution in [3.8, 4) is 16.9 Å². The van der Waals surface area contributed by atoms with Crippen molar-refractivity contribution in [2.24, 2.45) is 0 Å². The number of ether oxygens (including phenoxy) is 1. The molecule has 0 unspecified atom stereocenters. The zero-order valence-corrected chi connectivity index (χ0v) is 20.0. The van der Waals surface area contributed by atoms with Crippen molar-refractivity contribution >= 4 is 27.4 Å². The second kappa shape index (κ2) is 10.4. The highest BCUT2D eigenvalue weighted by molar-refractivity contribution is 7.92. The molecule has 4 rings (SSSR count). The number of hydrogen-bond acceptors (Lipinski definition) is 6. The number of anilines is 2. The fourth-order valence-electron chi connectivity index (χ4n) is 3.40. The number of rotatable bonds is 8. The minimum Gasteiger partial charge on any atom is -0.484 e. The van der Waals surface area contributed by atoms with Gasteiger partial charge in [-0.15, -0.1) is 0 Å². The molecule has 0 aliphatic carbocycles. The SMILES string of the molecule is Cc1cc(NS(=O)(=O)c2ccc(NC(=O)COc3ccc(-c4ccccc4)cc3)cc2)nc(C)n1. The highest BCUT2D eigenvalue weighted by Crippen LogP contribution is 2.22. The maximum absolute atomic E-state index is 12.7. The van der Waals surface area contributed by atoms with Crippen LogP contribution in [0, 0.1) is 13.8 Å². The molecule has 0 aliphatic heterocycles. The van der Waals surface area contributed by atoms with Gasteiger partial charge in [0.15, 0.2) is 6.61 Å². The number of amides is 1.